The second-order valence-corrected chi connectivity index (χ2v) is 6.53. The van der Waals surface area contributed by atoms with Crippen LogP contribution in [0.5, 0.6) is 5.75 Å². The average Bonchev–Trinajstić information content (AvgIpc) is 2.93. The number of hydrogen-bond donors (Lipinski definition) is 1. The molecule has 5 nitrogen and oxygen atoms in total. The number of amides is 1. The number of carbonyl (C=O) groups excluding carboxylic acids is 1. The van der Waals surface area contributed by atoms with Crippen LogP contribution in [0.2, 0.25) is 0 Å². The highest BCUT2D eigenvalue weighted by Crippen LogP contribution is 2.35. The van der Waals surface area contributed by atoms with Crippen LogP contribution in [0.15, 0.2) is 6.07 Å². The molecular formula is C13H15F2NO4S. The molecule has 0 aromatic carbocycles. The molecule has 116 valence electrons. The fraction of sp³-hybridized carbons (Fsp3) is 0.538. The van der Waals surface area contributed by atoms with Crippen LogP contribution in [0.25, 0.3) is 0 Å². The molecule has 21 heavy (non-hydrogen) atoms. The molecule has 1 aliphatic rings. The number of halogens is 2. The third kappa shape index (κ3) is 3.15. The Hall–Kier alpha value is -1.70. The Kier molecular flexibility index (Phi) is 4.18. The van der Waals surface area contributed by atoms with Gasteiger partial charge in [0.1, 0.15) is 10.6 Å². The number of carbonyl (C=O) groups is 2. The Bertz CT molecular complexity index is 575. The second kappa shape index (κ2) is 5.59. The highest BCUT2D eigenvalue weighted by atomic mass is 32.1. The van der Waals surface area contributed by atoms with Gasteiger partial charge in [0.05, 0.1) is 5.41 Å². The predicted octanol–water partition coefficient (Wildman–Crippen LogP) is 2.59. The quantitative estimate of drug-likeness (QED) is 0.926. The lowest BCUT2D eigenvalue weighted by atomic mass is 9.90. The molecule has 1 unspecified atom stereocenters. The molecule has 1 fully saturated rings. The number of thiophene rings is 1. The maximum atomic E-state index is 12.4. The molecule has 0 radical (unpaired) electrons. The predicted molar refractivity (Wildman–Crippen MR) is 72.0 cm³/mol. The zero-order valence-electron chi connectivity index (χ0n) is 11.6. The molecule has 1 atom stereocenters. The van der Waals surface area contributed by atoms with Gasteiger partial charge in [-0.05, 0) is 26.3 Å². The summed E-state index contributed by atoms with van der Waals surface area (Å²) in [4.78, 5) is 25.7. The fourth-order valence-electron chi connectivity index (χ4n) is 2.28. The largest absolute Gasteiger partial charge is 0.481 e. The first-order valence-corrected chi connectivity index (χ1v) is 7.12. The van der Waals surface area contributed by atoms with Crippen LogP contribution in [-0.2, 0) is 4.79 Å². The molecule has 0 spiro atoms. The van der Waals surface area contributed by atoms with Gasteiger partial charge in [-0.15, -0.1) is 11.3 Å². The van der Waals surface area contributed by atoms with Crippen LogP contribution in [0.4, 0.5) is 8.78 Å². The number of rotatable bonds is 4. The van der Waals surface area contributed by atoms with Gasteiger partial charge in [-0.2, -0.15) is 8.78 Å². The fourth-order valence-corrected chi connectivity index (χ4v) is 3.19. The topological polar surface area (TPSA) is 66.8 Å². The molecule has 1 aromatic heterocycles. The van der Waals surface area contributed by atoms with Gasteiger partial charge in [0.2, 0.25) is 0 Å². The van der Waals surface area contributed by atoms with E-state index >= 15 is 0 Å². The zero-order valence-corrected chi connectivity index (χ0v) is 12.4. The van der Waals surface area contributed by atoms with E-state index in [1.807, 2.05) is 0 Å². The summed E-state index contributed by atoms with van der Waals surface area (Å²) in [6.07, 6.45) is 0.337. The van der Waals surface area contributed by atoms with Gasteiger partial charge in [-0.1, -0.05) is 0 Å². The van der Waals surface area contributed by atoms with Crippen molar-refractivity contribution in [3.05, 3.63) is 15.8 Å². The SMILES string of the molecule is Cc1cc(OC(F)F)c(C(=O)N2CCC(C)(C(=O)O)C2)s1. The Morgan fingerprint density at radius 2 is 2.19 bits per heavy atom. The van der Waals surface area contributed by atoms with Crippen molar-refractivity contribution in [2.24, 2.45) is 5.41 Å². The summed E-state index contributed by atoms with van der Waals surface area (Å²) >= 11 is 1.06. The van der Waals surface area contributed by atoms with Crippen LogP contribution in [-0.4, -0.2) is 41.6 Å². The van der Waals surface area contributed by atoms with E-state index in [1.165, 1.54) is 11.0 Å². The van der Waals surface area contributed by atoms with E-state index in [1.54, 1.807) is 13.8 Å². The molecule has 0 aliphatic carbocycles. The van der Waals surface area contributed by atoms with Gasteiger partial charge in [-0.25, -0.2) is 0 Å². The number of carboxylic acids is 1. The maximum Gasteiger partial charge on any atom is 0.387 e. The molecule has 2 rings (SSSR count). The van der Waals surface area contributed by atoms with E-state index in [9.17, 15) is 18.4 Å². The first-order chi connectivity index (χ1) is 9.73. The summed E-state index contributed by atoms with van der Waals surface area (Å²) in [6, 6.07) is 1.39. The van der Waals surface area contributed by atoms with E-state index in [-0.39, 0.29) is 23.7 Å². The molecule has 1 amide bonds. The molecule has 0 saturated carbocycles. The molecule has 1 N–H and O–H groups in total. The van der Waals surface area contributed by atoms with Crippen molar-refractivity contribution in [1.82, 2.24) is 4.90 Å². The number of likely N-dealkylation sites (tertiary alicyclic amines) is 1. The van der Waals surface area contributed by atoms with E-state index in [0.29, 0.717) is 11.3 Å². The second-order valence-electron chi connectivity index (χ2n) is 5.27. The minimum absolute atomic E-state index is 0.0617. The van der Waals surface area contributed by atoms with Crippen molar-refractivity contribution in [2.75, 3.05) is 13.1 Å². The van der Waals surface area contributed by atoms with E-state index in [4.69, 9.17) is 5.11 Å². The number of aliphatic carboxylic acids is 1. The van der Waals surface area contributed by atoms with Gasteiger partial charge in [0.15, 0.2) is 0 Å². The van der Waals surface area contributed by atoms with Crippen LogP contribution >= 0.6 is 11.3 Å². The third-order valence-electron chi connectivity index (χ3n) is 3.51. The minimum atomic E-state index is -3.01. The summed E-state index contributed by atoms with van der Waals surface area (Å²) in [7, 11) is 0. The van der Waals surface area contributed by atoms with Crippen LogP contribution in [0.1, 0.15) is 27.9 Å². The standard InChI is InChI=1S/C13H15F2NO4S/c1-7-5-8(20-12(14)15)9(21-7)10(17)16-4-3-13(2,6-16)11(18)19/h5,12H,3-4,6H2,1-2H3,(H,18,19). The number of ether oxygens (including phenoxy) is 1. The van der Waals surface area contributed by atoms with Crippen LogP contribution in [0.3, 0.4) is 0 Å². The lowest BCUT2D eigenvalue weighted by Gasteiger charge is -2.20. The molecule has 2 heterocycles. The highest BCUT2D eigenvalue weighted by Gasteiger charge is 2.43. The molecular weight excluding hydrogens is 304 g/mol. The van der Waals surface area contributed by atoms with Gasteiger partial charge in [0.25, 0.3) is 5.91 Å². The highest BCUT2D eigenvalue weighted by molar-refractivity contribution is 7.14. The molecule has 8 heteroatoms. The smallest absolute Gasteiger partial charge is 0.387 e. The van der Waals surface area contributed by atoms with E-state index in [0.717, 1.165) is 11.3 Å². The van der Waals surface area contributed by atoms with Crippen molar-refractivity contribution in [3.8, 4) is 5.75 Å². The summed E-state index contributed by atoms with van der Waals surface area (Å²) in [5.74, 6) is -1.58. The van der Waals surface area contributed by atoms with E-state index < -0.39 is 23.9 Å². The summed E-state index contributed by atoms with van der Waals surface area (Å²) in [5.41, 5.74) is -0.994. The van der Waals surface area contributed by atoms with Gasteiger partial charge in [-0.3, -0.25) is 9.59 Å². The number of carboxylic acid groups (broad SMARTS) is 1. The Labute approximate surface area is 124 Å². The van der Waals surface area contributed by atoms with Crippen molar-refractivity contribution in [1.29, 1.82) is 0 Å². The van der Waals surface area contributed by atoms with Crippen LogP contribution < -0.4 is 4.74 Å². The van der Waals surface area contributed by atoms with E-state index in [2.05, 4.69) is 4.74 Å². The maximum absolute atomic E-state index is 12.4. The first kappa shape index (κ1) is 15.7. The number of aryl methyl sites for hydroxylation is 1. The lowest BCUT2D eigenvalue weighted by Crippen LogP contribution is -2.34. The lowest BCUT2D eigenvalue weighted by molar-refractivity contribution is -0.147. The number of nitrogens with zero attached hydrogens (tertiary/aromatic N) is 1. The third-order valence-corrected chi connectivity index (χ3v) is 4.53. The van der Waals surface area contributed by atoms with Crippen LogP contribution in [0, 0.1) is 12.3 Å². The number of hydrogen-bond acceptors (Lipinski definition) is 4. The van der Waals surface area contributed by atoms with Crippen molar-refractivity contribution >= 4 is 23.2 Å². The van der Waals surface area contributed by atoms with Gasteiger partial charge < -0.3 is 14.7 Å². The Morgan fingerprint density at radius 3 is 2.71 bits per heavy atom. The summed E-state index contributed by atoms with van der Waals surface area (Å²) < 4.78 is 29.1. The minimum Gasteiger partial charge on any atom is -0.481 e. The van der Waals surface area contributed by atoms with Gasteiger partial charge >= 0.3 is 12.6 Å². The molecule has 0 bridgehead atoms. The molecule has 1 aliphatic heterocycles. The van der Waals surface area contributed by atoms with Crippen molar-refractivity contribution < 1.29 is 28.2 Å². The summed E-state index contributed by atoms with van der Waals surface area (Å²) in [6.45, 7) is 0.594. The normalized spacial score (nSPS) is 21.9. The van der Waals surface area contributed by atoms with Gasteiger partial charge in [0, 0.05) is 18.0 Å². The summed E-state index contributed by atoms with van der Waals surface area (Å²) in [5, 5.41) is 9.16. The first-order valence-electron chi connectivity index (χ1n) is 6.31. The zero-order chi connectivity index (χ0) is 15.8. The monoisotopic (exact) mass is 319 g/mol. The van der Waals surface area contributed by atoms with Crippen molar-refractivity contribution in [3.63, 3.8) is 0 Å². The average molecular weight is 319 g/mol. The van der Waals surface area contributed by atoms with Crippen molar-refractivity contribution in [2.45, 2.75) is 26.9 Å². The Morgan fingerprint density at radius 1 is 1.52 bits per heavy atom. The molecule has 1 saturated heterocycles. The number of alkyl halides is 2. The Balaban J connectivity index is 2.20. The molecule has 1 aromatic rings.